The normalized spacial score (nSPS) is 12.8. The molecule has 96 valence electrons. The first-order valence-corrected chi connectivity index (χ1v) is 7.23. The van der Waals surface area contributed by atoms with Gasteiger partial charge in [-0.1, -0.05) is 27.7 Å². The van der Waals surface area contributed by atoms with Crippen LogP contribution in [0.4, 0.5) is 4.39 Å². The lowest BCUT2D eigenvalue weighted by atomic mass is 9.91. The van der Waals surface area contributed by atoms with E-state index >= 15 is 0 Å². The van der Waals surface area contributed by atoms with E-state index in [1.165, 1.54) is 12.1 Å². The van der Waals surface area contributed by atoms with Gasteiger partial charge in [0.15, 0.2) is 14.9 Å². The molecule has 0 saturated carbocycles. The molecule has 1 aromatic rings. The lowest BCUT2D eigenvalue weighted by Crippen LogP contribution is -2.19. The van der Waals surface area contributed by atoms with E-state index in [1.54, 1.807) is 27.7 Å². The molecule has 0 aromatic carbocycles. The predicted octanol–water partition coefficient (Wildman–Crippen LogP) is 2.70. The van der Waals surface area contributed by atoms with Crippen LogP contribution in [-0.4, -0.2) is 19.2 Å². The molecule has 1 rings (SSSR count). The number of aromatic nitrogens is 1. The summed E-state index contributed by atoms with van der Waals surface area (Å²) in [6, 6.07) is 2.41. The minimum Gasteiger partial charge on any atom is -0.238 e. The number of pyridine rings is 1. The Morgan fingerprint density at radius 3 is 2.35 bits per heavy atom. The van der Waals surface area contributed by atoms with Gasteiger partial charge in [0.1, 0.15) is 5.82 Å². The van der Waals surface area contributed by atoms with Gasteiger partial charge in [-0.15, -0.1) is 0 Å². The van der Waals surface area contributed by atoms with Gasteiger partial charge in [0, 0.05) is 5.41 Å². The summed E-state index contributed by atoms with van der Waals surface area (Å²) in [6.45, 7) is 7.18. The van der Waals surface area contributed by atoms with Gasteiger partial charge >= 0.3 is 0 Å². The second-order valence-electron chi connectivity index (χ2n) is 5.05. The number of halogens is 1. The zero-order valence-electron chi connectivity index (χ0n) is 10.6. The molecule has 0 saturated heterocycles. The summed E-state index contributed by atoms with van der Waals surface area (Å²) in [4.78, 5) is 3.97. The average Bonchev–Trinajstić information content (AvgIpc) is 2.15. The molecule has 0 bridgehead atoms. The minimum atomic E-state index is -3.39. The second-order valence-corrected chi connectivity index (χ2v) is 7.10. The molecule has 0 aliphatic heterocycles. The van der Waals surface area contributed by atoms with E-state index in [-0.39, 0.29) is 16.5 Å². The van der Waals surface area contributed by atoms with Gasteiger partial charge in [-0.3, -0.25) is 0 Å². The molecule has 17 heavy (non-hydrogen) atoms. The molecule has 1 heterocycles. The van der Waals surface area contributed by atoms with Crippen molar-refractivity contribution in [2.45, 2.75) is 44.6 Å². The van der Waals surface area contributed by atoms with Gasteiger partial charge in [0.2, 0.25) is 0 Å². The number of rotatable bonds is 3. The van der Waals surface area contributed by atoms with Gasteiger partial charge in [-0.25, -0.2) is 17.8 Å². The molecule has 1 aromatic heterocycles. The largest absolute Gasteiger partial charge is 0.238 e. The van der Waals surface area contributed by atoms with Gasteiger partial charge < -0.3 is 0 Å². The molecule has 0 spiro atoms. The van der Waals surface area contributed by atoms with Gasteiger partial charge in [-0.05, 0) is 18.6 Å². The highest BCUT2D eigenvalue weighted by Crippen LogP contribution is 2.24. The van der Waals surface area contributed by atoms with Gasteiger partial charge in [0.05, 0.1) is 11.4 Å². The molecule has 3 nitrogen and oxygen atoms in total. The first kappa shape index (κ1) is 14.1. The Balaban J connectivity index is 3.32. The Bertz CT molecular complexity index is 504. The van der Waals surface area contributed by atoms with E-state index in [2.05, 4.69) is 4.98 Å². The van der Waals surface area contributed by atoms with Crippen molar-refractivity contribution < 1.29 is 12.8 Å². The Labute approximate surface area is 102 Å². The molecule has 0 aliphatic carbocycles. The fourth-order valence-corrected chi connectivity index (χ4v) is 2.75. The predicted molar refractivity (Wildman–Crippen MR) is 65.2 cm³/mol. The van der Waals surface area contributed by atoms with Crippen molar-refractivity contribution in [1.29, 1.82) is 0 Å². The fraction of sp³-hybridized carbons (Fsp3) is 0.583. The van der Waals surface area contributed by atoms with Crippen LogP contribution >= 0.6 is 0 Å². The SMILES string of the molecule is CCCS(=O)(=O)c1ccc(F)c(C(C)(C)C)n1. The van der Waals surface area contributed by atoms with E-state index in [4.69, 9.17) is 0 Å². The molecule has 0 atom stereocenters. The van der Waals surface area contributed by atoms with Crippen molar-refractivity contribution in [1.82, 2.24) is 4.98 Å². The van der Waals surface area contributed by atoms with Crippen molar-refractivity contribution in [3.63, 3.8) is 0 Å². The van der Waals surface area contributed by atoms with Crippen molar-refractivity contribution in [2.75, 3.05) is 5.75 Å². The van der Waals surface area contributed by atoms with Crippen LogP contribution in [0.15, 0.2) is 17.2 Å². The molecular weight excluding hydrogens is 241 g/mol. The lowest BCUT2D eigenvalue weighted by molar-refractivity contribution is 0.495. The van der Waals surface area contributed by atoms with Crippen molar-refractivity contribution in [2.24, 2.45) is 0 Å². The van der Waals surface area contributed by atoms with Crippen molar-refractivity contribution >= 4 is 9.84 Å². The smallest absolute Gasteiger partial charge is 0.195 e. The third kappa shape index (κ3) is 3.25. The standard InChI is InChI=1S/C12H18FNO2S/c1-5-8-17(15,16)10-7-6-9(13)11(14-10)12(2,3)4/h6-7H,5,8H2,1-4H3. The molecule has 0 unspecified atom stereocenters. The van der Waals surface area contributed by atoms with E-state index in [1.807, 2.05) is 0 Å². The first-order valence-electron chi connectivity index (χ1n) is 5.58. The van der Waals surface area contributed by atoms with E-state index in [0.29, 0.717) is 6.42 Å². The molecule has 0 N–H and O–H groups in total. The van der Waals surface area contributed by atoms with Gasteiger partial charge in [-0.2, -0.15) is 0 Å². The Hall–Kier alpha value is -0.970. The molecule has 0 amide bonds. The molecule has 0 aliphatic rings. The number of hydrogen-bond donors (Lipinski definition) is 0. The third-order valence-electron chi connectivity index (χ3n) is 2.32. The maximum Gasteiger partial charge on any atom is 0.195 e. The van der Waals surface area contributed by atoms with Crippen LogP contribution in [0.25, 0.3) is 0 Å². The van der Waals surface area contributed by atoms with Gasteiger partial charge in [0.25, 0.3) is 0 Å². The quantitative estimate of drug-likeness (QED) is 0.838. The monoisotopic (exact) mass is 259 g/mol. The van der Waals surface area contributed by atoms with E-state index in [9.17, 15) is 12.8 Å². The molecular formula is C12H18FNO2S. The second kappa shape index (κ2) is 4.72. The third-order valence-corrected chi connectivity index (χ3v) is 4.13. The Morgan fingerprint density at radius 2 is 1.88 bits per heavy atom. The van der Waals surface area contributed by atoms with Crippen LogP contribution < -0.4 is 0 Å². The van der Waals surface area contributed by atoms with Crippen LogP contribution in [0.2, 0.25) is 0 Å². The number of hydrogen-bond acceptors (Lipinski definition) is 3. The van der Waals surface area contributed by atoms with E-state index < -0.39 is 21.1 Å². The Kier molecular flexibility index (Phi) is 3.91. The summed E-state index contributed by atoms with van der Waals surface area (Å²) < 4.78 is 37.3. The highest BCUT2D eigenvalue weighted by Gasteiger charge is 2.24. The van der Waals surface area contributed by atoms with Crippen molar-refractivity contribution in [3.8, 4) is 0 Å². The van der Waals surface area contributed by atoms with Crippen molar-refractivity contribution in [3.05, 3.63) is 23.6 Å². The van der Waals surface area contributed by atoms with Crippen LogP contribution in [0, 0.1) is 5.82 Å². The van der Waals surface area contributed by atoms with Crippen LogP contribution in [-0.2, 0) is 15.3 Å². The van der Waals surface area contributed by atoms with Crippen LogP contribution in [0.1, 0.15) is 39.8 Å². The average molecular weight is 259 g/mol. The molecule has 5 heteroatoms. The molecule has 0 radical (unpaired) electrons. The minimum absolute atomic E-state index is 0.0364. The van der Waals surface area contributed by atoms with E-state index in [0.717, 1.165) is 0 Å². The highest BCUT2D eigenvalue weighted by atomic mass is 32.2. The molecule has 0 fully saturated rings. The lowest BCUT2D eigenvalue weighted by Gasteiger charge is -2.19. The number of nitrogens with zero attached hydrogens (tertiary/aromatic N) is 1. The first-order chi connectivity index (χ1) is 7.68. The highest BCUT2D eigenvalue weighted by molar-refractivity contribution is 7.91. The topological polar surface area (TPSA) is 47.0 Å². The van der Waals surface area contributed by atoms with Crippen LogP contribution in [0.5, 0.6) is 0 Å². The maximum absolute atomic E-state index is 13.6. The summed E-state index contributed by atoms with van der Waals surface area (Å²) >= 11 is 0. The summed E-state index contributed by atoms with van der Waals surface area (Å²) in [5.74, 6) is -0.428. The summed E-state index contributed by atoms with van der Waals surface area (Å²) in [7, 11) is -3.39. The summed E-state index contributed by atoms with van der Waals surface area (Å²) in [5.41, 5.74) is -0.323. The zero-order chi connectivity index (χ0) is 13.3. The Morgan fingerprint density at radius 1 is 1.29 bits per heavy atom. The maximum atomic E-state index is 13.6. The summed E-state index contributed by atoms with van der Waals surface area (Å²) in [6.07, 6.45) is 0.520. The number of sulfone groups is 1. The van der Waals surface area contributed by atoms with Crippen LogP contribution in [0.3, 0.4) is 0 Å². The summed E-state index contributed by atoms with van der Waals surface area (Å²) in [5, 5.41) is -0.0364. The zero-order valence-corrected chi connectivity index (χ0v) is 11.4. The fourth-order valence-electron chi connectivity index (χ4n) is 1.50.